The number of amides is 1. The summed E-state index contributed by atoms with van der Waals surface area (Å²) in [5, 5.41) is 3.33. The Hall–Kier alpha value is -0.910. The molecule has 0 atom stereocenters. The number of thioether (sulfide) groups is 1. The predicted molar refractivity (Wildman–Crippen MR) is 102 cm³/mol. The molecule has 0 radical (unpaired) electrons. The zero-order valence-electron chi connectivity index (χ0n) is 15.1. The molecule has 1 spiro atoms. The zero-order chi connectivity index (χ0) is 16.8. The molecule has 1 saturated carbocycles. The molecule has 2 saturated heterocycles. The van der Waals surface area contributed by atoms with Crippen molar-refractivity contribution < 1.29 is 4.79 Å². The van der Waals surface area contributed by atoms with Gasteiger partial charge in [0.05, 0.1) is 6.54 Å². The lowest BCUT2D eigenvalue weighted by atomic mass is 9.87. The van der Waals surface area contributed by atoms with Gasteiger partial charge in [0.15, 0.2) is 5.96 Å². The van der Waals surface area contributed by atoms with Crippen LogP contribution in [0.25, 0.3) is 0 Å². The molecular weight excluding hydrogens is 320 g/mol. The third-order valence-corrected chi connectivity index (χ3v) is 7.17. The standard InChI is InChI=1S/C18H32N4OS/c1-19-17(20-14-16(23)21-10-6-3-7-11-21)22-12-13-24-18(15-22)8-4-2-5-9-18/h2-15H2,1H3,(H,19,20). The summed E-state index contributed by atoms with van der Waals surface area (Å²) in [5.74, 6) is 2.29. The summed E-state index contributed by atoms with van der Waals surface area (Å²) in [6, 6.07) is 0. The molecule has 0 aromatic heterocycles. The highest BCUT2D eigenvalue weighted by Gasteiger charge is 2.38. The summed E-state index contributed by atoms with van der Waals surface area (Å²) in [6.07, 6.45) is 10.3. The second-order valence-corrected chi connectivity index (χ2v) is 8.92. The summed E-state index contributed by atoms with van der Waals surface area (Å²) in [7, 11) is 1.84. The van der Waals surface area contributed by atoms with Crippen LogP contribution in [0.3, 0.4) is 0 Å². The van der Waals surface area contributed by atoms with Gasteiger partial charge in [0.25, 0.3) is 0 Å². The molecule has 0 unspecified atom stereocenters. The Balaban J connectivity index is 1.52. The summed E-state index contributed by atoms with van der Waals surface area (Å²) in [5.41, 5.74) is 0. The molecule has 2 heterocycles. The number of likely N-dealkylation sites (tertiary alicyclic amines) is 1. The van der Waals surface area contributed by atoms with E-state index in [0.29, 0.717) is 11.3 Å². The summed E-state index contributed by atoms with van der Waals surface area (Å²) in [6.45, 7) is 4.33. The van der Waals surface area contributed by atoms with Crippen LogP contribution in [0.1, 0.15) is 51.4 Å². The quantitative estimate of drug-likeness (QED) is 0.612. The van der Waals surface area contributed by atoms with E-state index in [1.807, 2.05) is 11.9 Å². The number of hydrogen-bond donors (Lipinski definition) is 1. The molecule has 3 rings (SSSR count). The van der Waals surface area contributed by atoms with Crippen LogP contribution < -0.4 is 5.32 Å². The average Bonchev–Trinajstić information content (AvgIpc) is 2.63. The molecule has 0 bridgehead atoms. The first kappa shape index (κ1) is 17.9. The fraction of sp³-hybridized carbons (Fsp3) is 0.889. The van der Waals surface area contributed by atoms with Crippen LogP contribution in [-0.2, 0) is 4.79 Å². The van der Waals surface area contributed by atoms with E-state index < -0.39 is 0 Å². The minimum absolute atomic E-state index is 0.217. The van der Waals surface area contributed by atoms with Gasteiger partial charge in [-0.05, 0) is 32.1 Å². The van der Waals surface area contributed by atoms with Gasteiger partial charge < -0.3 is 15.1 Å². The number of carbonyl (C=O) groups excluding carboxylic acids is 1. The highest BCUT2D eigenvalue weighted by Crippen LogP contribution is 2.42. The van der Waals surface area contributed by atoms with Crippen LogP contribution in [0.4, 0.5) is 0 Å². The average molecular weight is 353 g/mol. The molecule has 136 valence electrons. The van der Waals surface area contributed by atoms with Gasteiger partial charge in [-0.15, -0.1) is 0 Å². The van der Waals surface area contributed by atoms with Crippen molar-refractivity contribution in [2.45, 2.75) is 56.1 Å². The van der Waals surface area contributed by atoms with Gasteiger partial charge >= 0.3 is 0 Å². The van der Waals surface area contributed by atoms with Crippen LogP contribution in [0.5, 0.6) is 0 Å². The van der Waals surface area contributed by atoms with Crippen molar-refractivity contribution in [3.63, 3.8) is 0 Å². The SMILES string of the molecule is CN=C(NCC(=O)N1CCCCC1)N1CCSC2(CCCCC2)C1. The molecule has 0 aromatic carbocycles. The number of rotatable bonds is 2. The van der Waals surface area contributed by atoms with E-state index >= 15 is 0 Å². The Labute approximate surface area is 150 Å². The second-order valence-electron chi connectivity index (χ2n) is 7.36. The Kier molecular flexibility index (Phi) is 6.31. The normalized spacial score (nSPS) is 25.0. The third-order valence-electron chi connectivity index (χ3n) is 5.63. The van der Waals surface area contributed by atoms with Gasteiger partial charge in [0.2, 0.25) is 5.91 Å². The van der Waals surface area contributed by atoms with E-state index in [-0.39, 0.29) is 5.91 Å². The number of hydrogen-bond acceptors (Lipinski definition) is 3. The van der Waals surface area contributed by atoms with Crippen molar-refractivity contribution in [2.75, 3.05) is 45.5 Å². The topological polar surface area (TPSA) is 47.9 Å². The molecule has 1 amide bonds. The minimum atomic E-state index is 0.217. The van der Waals surface area contributed by atoms with Crippen LogP contribution in [0.15, 0.2) is 4.99 Å². The number of nitrogens with one attached hydrogen (secondary N) is 1. The van der Waals surface area contributed by atoms with E-state index in [4.69, 9.17) is 0 Å². The van der Waals surface area contributed by atoms with Crippen LogP contribution in [-0.4, -0.2) is 71.9 Å². The van der Waals surface area contributed by atoms with E-state index in [1.54, 1.807) is 0 Å². The van der Waals surface area contributed by atoms with E-state index in [9.17, 15) is 4.79 Å². The van der Waals surface area contributed by atoms with Crippen molar-refractivity contribution in [2.24, 2.45) is 4.99 Å². The van der Waals surface area contributed by atoms with Crippen LogP contribution >= 0.6 is 11.8 Å². The first-order valence-corrected chi connectivity index (χ1v) is 10.6. The molecular formula is C18H32N4OS. The largest absolute Gasteiger partial charge is 0.347 e. The number of nitrogens with zero attached hydrogens (tertiary/aromatic N) is 3. The zero-order valence-corrected chi connectivity index (χ0v) is 15.9. The predicted octanol–water partition coefficient (Wildman–Crippen LogP) is 2.33. The first-order chi connectivity index (χ1) is 11.7. The van der Waals surface area contributed by atoms with Crippen LogP contribution in [0, 0.1) is 0 Å². The van der Waals surface area contributed by atoms with E-state index in [2.05, 4.69) is 27.0 Å². The first-order valence-electron chi connectivity index (χ1n) is 9.60. The molecule has 0 aromatic rings. The molecule has 1 aliphatic carbocycles. The van der Waals surface area contributed by atoms with E-state index in [1.165, 1.54) is 44.3 Å². The van der Waals surface area contributed by atoms with Crippen LogP contribution in [0.2, 0.25) is 0 Å². The van der Waals surface area contributed by atoms with Gasteiger partial charge in [-0.2, -0.15) is 11.8 Å². The van der Waals surface area contributed by atoms with Gasteiger partial charge in [-0.25, -0.2) is 0 Å². The number of carbonyl (C=O) groups is 1. The van der Waals surface area contributed by atoms with Crippen molar-refractivity contribution in [1.29, 1.82) is 0 Å². The summed E-state index contributed by atoms with van der Waals surface area (Å²) in [4.78, 5) is 21.2. The lowest BCUT2D eigenvalue weighted by Crippen LogP contribution is -2.54. The van der Waals surface area contributed by atoms with Crippen molar-refractivity contribution in [3.8, 4) is 0 Å². The summed E-state index contributed by atoms with van der Waals surface area (Å²) < 4.78 is 0.422. The second kappa shape index (κ2) is 8.45. The minimum Gasteiger partial charge on any atom is -0.347 e. The van der Waals surface area contributed by atoms with Crippen molar-refractivity contribution in [3.05, 3.63) is 0 Å². The Morgan fingerprint density at radius 1 is 1.04 bits per heavy atom. The lowest BCUT2D eigenvalue weighted by molar-refractivity contribution is -0.130. The molecule has 3 aliphatic rings. The molecule has 24 heavy (non-hydrogen) atoms. The molecule has 2 aliphatic heterocycles. The van der Waals surface area contributed by atoms with Gasteiger partial charge in [-0.1, -0.05) is 19.3 Å². The molecule has 3 fully saturated rings. The lowest BCUT2D eigenvalue weighted by Gasteiger charge is -2.45. The summed E-state index contributed by atoms with van der Waals surface area (Å²) >= 11 is 2.17. The maximum absolute atomic E-state index is 12.4. The smallest absolute Gasteiger partial charge is 0.241 e. The number of aliphatic imine (C=N–C) groups is 1. The maximum Gasteiger partial charge on any atom is 0.241 e. The fourth-order valence-electron chi connectivity index (χ4n) is 4.27. The number of guanidine groups is 1. The molecule has 5 nitrogen and oxygen atoms in total. The van der Waals surface area contributed by atoms with Gasteiger partial charge in [0, 0.05) is 43.7 Å². The molecule has 1 N–H and O–H groups in total. The van der Waals surface area contributed by atoms with E-state index in [0.717, 1.165) is 45.0 Å². The molecule has 6 heteroatoms. The fourth-order valence-corrected chi connectivity index (χ4v) is 5.84. The Morgan fingerprint density at radius 3 is 2.46 bits per heavy atom. The van der Waals surface area contributed by atoms with Crippen molar-refractivity contribution in [1.82, 2.24) is 15.1 Å². The van der Waals surface area contributed by atoms with Crippen molar-refractivity contribution >= 4 is 23.6 Å². The highest BCUT2D eigenvalue weighted by molar-refractivity contribution is 8.00. The highest BCUT2D eigenvalue weighted by atomic mass is 32.2. The maximum atomic E-state index is 12.4. The monoisotopic (exact) mass is 352 g/mol. The Bertz CT molecular complexity index is 450. The number of piperidine rings is 1. The van der Waals surface area contributed by atoms with Gasteiger partial charge in [-0.3, -0.25) is 9.79 Å². The third kappa shape index (κ3) is 4.38. The van der Waals surface area contributed by atoms with Gasteiger partial charge in [0.1, 0.15) is 0 Å². The Morgan fingerprint density at radius 2 is 1.75 bits per heavy atom.